The molecule has 0 unspecified atom stereocenters. The largest absolute Gasteiger partial charge is 0.417 e. The number of aromatic nitrogens is 2. The number of anilines is 1. The van der Waals surface area contributed by atoms with Gasteiger partial charge in [-0.05, 0) is 18.1 Å². The van der Waals surface area contributed by atoms with E-state index in [0.717, 1.165) is 12.3 Å². The molecule has 102 valence electrons. The van der Waals surface area contributed by atoms with Gasteiger partial charge in [0.15, 0.2) is 0 Å². The van der Waals surface area contributed by atoms with Crippen molar-refractivity contribution in [3.05, 3.63) is 29.5 Å². The summed E-state index contributed by atoms with van der Waals surface area (Å²) < 4.78 is 42.2. The Morgan fingerprint density at radius 2 is 1.95 bits per heavy atom. The van der Waals surface area contributed by atoms with Crippen LogP contribution in [0, 0.1) is 0 Å². The lowest BCUT2D eigenvalue weighted by Crippen LogP contribution is -2.05. The molecule has 2 aromatic heterocycles. The van der Waals surface area contributed by atoms with Gasteiger partial charge in [-0.2, -0.15) is 13.2 Å². The van der Waals surface area contributed by atoms with Crippen LogP contribution >= 0.6 is 0 Å². The lowest BCUT2D eigenvalue weighted by Gasteiger charge is -2.07. The van der Waals surface area contributed by atoms with E-state index in [0.29, 0.717) is 17.0 Å². The van der Waals surface area contributed by atoms with E-state index in [1.54, 1.807) is 0 Å². The second-order valence-electron chi connectivity index (χ2n) is 4.39. The summed E-state index contributed by atoms with van der Waals surface area (Å²) in [7, 11) is 0. The number of nitrogen functional groups attached to an aromatic ring is 1. The maximum absolute atomic E-state index is 12.4. The molecule has 0 aliphatic carbocycles. The lowest BCUT2D eigenvalue weighted by atomic mass is 10.0. The zero-order chi connectivity index (χ0) is 14.2. The van der Waals surface area contributed by atoms with Crippen molar-refractivity contribution in [3.8, 4) is 11.4 Å². The van der Waals surface area contributed by atoms with Gasteiger partial charge in [0.25, 0.3) is 0 Å². The second kappa shape index (κ2) is 4.56. The summed E-state index contributed by atoms with van der Waals surface area (Å²) in [5, 5.41) is 3.76. The molecule has 0 atom stereocenters. The van der Waals surface area contributed by atoms with E-state index in [-0.39, 0.29) is 11.8 Å². The molecule has 0 aromatic carbocycles. The van der Waals surface area contributed by atoms with Crippen molar-refractivity contribution < 1.29 is 17.7 Å². The molecule has 2 aromatic rings. The molecule has 2 heterocycles. The summed E-state index contributed by atoms with van der Waals surface area (Å²) in [5.74, 6) is 0.192. The van der Waals surface area contributed by atoms with Crippen LogP contribution in [-0.4, -0.2) is 10.1 Å². The standard InChI is InChI=1S/C12H12F3N3O/c1-6(2)9-10(18-19-11(9)16)8-4-3-7(5-17-8)12(13,14)15/h3-6H,16H2,1-2H3. The quantitative estimate of drug-likeness (QED) is 0.908. The zero-order valence-electron chi connectivity index (χ0n) is 10.3. The molecule has 0 spiro atoms. The second-order valence-corrected chi connectivity index (χ2v) is 4.39. The Labute approximate surface area is 107 Å². The fourth-order valence-corrected chi connectivity index (χ4v) is 1.75. The highest BCUT2D eigenvalue weighted by atomic mass is 19.4. The maximum Gasteiger partial charge on any atom is 0.417 e. The Hall–Kier alpha value is -2.05. The number of pyridine rings is 1. The third kappa shape index (κ3) is 2.54. The molecule has 0 saturated heterocycles. The summed E-state index contributed by atoms with van der Waals surface area (Å²) in [6.45, 7) is 3.77. The fourth-order valence-electron chi connectivity index (χ4n) is 1.75. The van der Waals surface area contributed by atoms with E-state index in [1.165, 1.54) is 6.07 Å². The van der Waals surface area contributed by atoms with Crippen molar-refractivity contribution in [2.24, 2.45) is 0 Å². The van der Waals surface area contributed by atoms with Gasteiger partial charge in [-0.3, -0.25) is 4.98 Å². The number of nitrogens with two attached hydrogens (primary N) is 1. The summed E-state index contributed by atoms with van der Waals surface area (Å²) in [6.07, 6.45) is -3.64. The van der Waals surface area contributed by atoms with Crippen LogP contribution in [0.25, 0.3) is 11.4 Å². The first kappa shape index (κ1) is 13.4. The topological polar surface area (TPSA) is 64.9 Å². The maximum atomic E-state index is 12.4. The minimum atomic E-state index is -4.41. The number of alkyl halides is 3. The van der Waals surface area contributed by atoms with Gasteiger partial charge in [-0.25, -0.2) is 0 Å². The average Bonchev–Trinajstić information content (AvgIpc) is 2.70. The van der Waals surface area contributed by atoms with E-state index in [9.17, 15) is 13.2 Å². The van der Waals surface area contributed by atoms with Crippen molar-refractivity contribution in [2.45, 2.75) is 25.9 Å². The summed E-state index contributed by atoms with van der Waals surface area (Å²) in [5.41, 5.74) is 6.16. The molecule has 7 heteroatoms. The Kier molecular flexibility index (Phi) is 3.21. The fraction of sp³-hybridized carbons (Fsp3) is 0.333. The number of halogens is 3. The van der Waals surface area contributed by atoms with E-state index >= 15 is 0 Å². The first-order valence-electron chi connectivity index (χ1n) is 5.59. The summed E-state index contributed by atoms with van der Waals surface area (Å²) in [6, 6.07) is 2.21. The van der Waals surface area contributed by atoms with E-state index in [1.807, 2.05) is 13.8 Å². The zero-order valence-corrected chi connectivity index (χ0v) is 10.3. The summed E-state index contributed by atoms with van der Waals surface area (Å²) >= 11 is 0. The van der Waals surface area contributed by atoms with Crippen molar-refractivity contribution in [3.63, 3.8) is 0 Å². The molecule has 2 rings (SSSR count). The number of nitrogens with zero attached hydrogens (tertiary/aromatic N) is 2. The van der Waals surface area contributed by atoms with Crippen LogP contribution in [0.3, 0.4) is 0 Å². The number of rotatable bonds is 2. The van der Waals surface area contributed by atoms with Crippen LogP contribution in [-0.2, 0) is 6.18 Å². The SMILES string of the molecule is CC(C)c1c(-c2ccc(C(F)(F)F)cn2)noc1N. The first-order chi connectivity index (χ1) is 8.80. The predicted molar refractivity (Wildman–Crippen MR) is 63.2 cm³/mol. The summed E-state index contributed by atoms with van der Waals surface area (Å²) in [4.78, 5) is 3.77. The molecule has 0 aliphatic rings. The van der Waals surface area contributed by atoms with Crippen molar-refractivity contribution in [1.82, 2.24) is 10.1 Å². The van der Waals surface area contributed by atoms with Crippen LogP contribution < -0.4 is 5.73 Å². The Morgan fingerprint density at radius 3 is 2.42 bits per heavy atom. The highest BCUT2D eigenvalue weighted by Gasteiger charge is 2.31. The third-order valence-corrected chi connectivity index (χ3v) is 2.67. The van der Waals surface area contributed by atoms with Gasteiger partial charge >= 0.3 is 6.18 Å². The molecule has 0 aliphatic heterocycles. The molecule has 0 radical (unpaired) electrons. The monoisotopic (exact) mass is 271 g/mol. The van der Waals surface area contributed by atoms with Gasteiger partial charge < -0.3 is 10.3 Å². The highest BCUT2D eigenvalue weighted by Crippen LogP contribution is 2.33. The van der Waals surface area contributed by atoms with Crippen LogP contribution in [0.15, 0.2) is 22.9 Å². The van der Waals surface area contributed by atoms with Crippen molar-refractivity contribution in [1.29, 1.82) is 0 Å². The molecule has 0 fully saturated rings. The Morgan fingerprint density at radius 1 is 1.26 bits per heavy atom. The van der Waals surface area contributed by atoms with Crippen LogP contribution in [0.4, 0.5) is 19.1 Å². The molecule has 19 heavy (non-hydrogen) atoms. The van der Waals surface area contributed by atoms with Crippen LogP contribution in [0.1, 0.15) is 30.9 Å². The van der Waals surface area contributed by atoms with Gasteiger partial charge in [0.05, 0.1) is 11.3 Å². The van der Waals surface area contributed by atoms with E-state index < -0.39 is 11.7 Å². The molecular formula is C12H12F3N3O. The molecule has 0 amide bonds. The Balaban J connectivity index is 2.44. The normalized spacial score (nSPS) is 12.1. The van der Waals surface area contributed by atoms with Gasteiger partial charge in [0, 0.05) is 11.8 Å². The molecular weight excluding hydrogens is 259 g/mol. The van der Waals surface area contributed by atoms with E-state index in [2.05, 4.69) is 10.1 Å². The van der Waals surface area contributed by atoms with Crippen molar-refractivity contribution in [2.75, 3.05) is 5.73 Å². The third-order valence-electron chi connectivity index (χ3n) is 2.67. The van der Waals surface area contributed by atoms with Crippen molar-refractivity contribution >= 4 is 5.88 Å². The van der Waals surface area contributed by atoms with Gasteiger partial charge in [0.1, 0.15) is 5.69 Å². The van der Waals surface area contributed by atoms with E-state index in [4.69, 9.17) is 10.3 Å². The number of hydrogen-bond donors (Lipinski definition) is 1. The smallest absolute Gasteiger partial charge is 0.367 e. The Bertz CT molecular complexity index is 573. The highest BCUT2D eigenvalue weighted by molar-refractivity contribution is 5.64. The van der Waals surface area contributed by atoms with Gasteiger partial charge in [0.2, 0.25) is 5.88 Å². The van der Waals surface area contributed by atoms with Crippen LogP contribution in [0.5, 0.6) is 0 Å². The average molecular weight is 271 g/mol. The minimum Gasteiger partial charge on any atom is -0.367 e. The minimum absolute atomic E-state index is 0.0327. The van der Waals surface area contributed by atoms with Gasteiger partial charge in [-0.15, -0.1) is 0 Å². The lowest BCUT2D eigenvalue weighted by molar-refractivity contribution is -0.137. The predicted octanol–water partition coefficient (Wildman–Crippen LogP) is 3.46. The van der Waals surface area contributed by atoms with Gasteiger partial charge in [-0.1, -0.05) is 19.0 Å². The first-order valence-corrected chi connectivity index (χ1v) is 5.59. The molecule has 0 bridgehead atoms. The molecule has 2 N–H and O–H groups in total. The molecule has 4 nitrogen and oxygen atoms in total. The number of hydrogen-bond acceptors (Lipinski definition) is 4. The molecule has 0 saturated carbocycles. The van der Waals surface area contributed by atoms with Crippen LogP contribution in [0.2, 0.25) is 0 Å².